The van der Waals surface area contributed by atoms with Crippen molar-refractivity contribution in [1.82, 2.24) is 0 Å². The van der Waals surface area contributed by atoms with Crippen LogP contribution in [0.25, 0.3) is 0 Å². The van der Waals surface area contributed by atoms with E-state index in [1.807, 2.05) is 6.92 Å². The Hall–Kier alpha value is -0.390. The summed E-state index contributed by atoms with van der Waals surface area (Å²) < 4.78 is 32.8. The molecule has 0 aromatic carbocycles. The molecular weight excluding hydrogens is 180 g/mol. The Bertz CT molecular complexity index is 184. The van der Waals surface area contributed by atoms with Crippen LogP contribution in [0.4, 0.5) is 0 Å². The molecule has 0 aliphatic heterocycles. The summed E-state index contributed by atoms with van der Waals surface area (Å²) in [4.78, 5) is 0. The second-order valence-corrected chi connectivity index (χ2v) is 3.46. The molecule has 0 rings (SSSR count). The molecule has 0 spiro atoms. The Morgan fingerprint density at radius 3 is 2.25 bits per heavy atom. The molecule has 0 aromatic rings. The van der Waals surface area contributed by atoms with Gasteiger partial charge in [-0.3, -0.25) is 4.55 Å². The molecule has 0 aliphatic rings. The van der Waals surface area contributed by atoms with Gasteiger partial charge in [0.15, 0.2) is 0 Å². The predicted molar refractivity (Wildman–Crippen MR) is 48.8 cm³/mol. The summed E-state index contributed by atoms with van der Waals surface area (Å²) in [5.41, 5.74) is 0. The van der Waals surface area contributed by atoms with Crippen molar-refractivity contribution in [3.8, 4) is 0 Å². The quantitative estimate of drug-likeness (QED) is 0.415. The normalized spacial score (nSPS) is 9.92. The van der Waals surface area contributed by atoms with Crippen LogP contribution in [0, 0.1) is 0 Å². The molecule has 12 heavy (non-hydrogen) atoms. The first-order valence-electron chi connectivity index (χ1n) is 3.57. The smallest absolute Gasteiger partial charge is 0.267 e. The van der Waals surface area contributed by atoms with Crippen LogP contribution in [-0.4, -0.2) is 31.9 Å². The van der Waals surface area contributed by atoms with E-state index in [9.17, 15) is 8.42 Å². The van der Waals surface area contributed by atoms with Crippen molar-refractivity contribution in [2.24, 2.45) is 0 Å². The fraction of sp³-hybridized carbons (Fsp3) is 0.714. The van der Waals surface area contributed by atoms with Crippen LogP contribution < -0.4 is 0 Å². The van der Waals surface area contributed by atoms with E-state index in [4.69, 9.17) is 4.55 Å². The number of ether oxygens (including phenoxy) is 1. The largest absolute Gasteiger partial charge is 0.381 e. The zero-order valence-corrected chi connectivity index (χ0v) is 8.30. The first-order chi connectivity index (χ1) is 5.47. The van der Waals surface area contributed by atoms with Gasteiger partial charge >= 0.3 is 0 Å². The van der Waals surface area contributed by atoms with Crippen molar-refractivity contribution >= 4 is 10.1 Å². The standard InChI is InChI=1S/C4H10O4S.C3H6/c1-2-8-3-4-9(5,6)7;1-3-2/h2-4H2,1H3,(H,5,6,7);3H,1H2,2H3. The van der Waals surface area contributed by atoms with Gasteiger partial charge < -0.3 is 4.74 Å². The lowest BCUT2D eigenvalue weighted by atomic mass is 10.8. The third-order valence-electron chi connectivity index (χ3n) is 0.690. The number of allylic oxidation sites excluding steroid dienone is 1. The Kier molecular flexibility index (Phi) is 10.3. The molecule has 0 bridgehead atoms. The average molecular weight is 196 g/mol. The molecule has 0 heterocycles. The zero-order chi connectivity index (χ0) is 10.0. The fourth-order valence-corrected chi connectivity index (χ4v) is 0.637. The van der Waals surface area contributed by atoms with Crippen molar-refractivity contribution in [1.29, 1.82) is 0 Å². The lowest BCUT2D eigenvalue weighted by Crippen LogP contribution is -2.10. The van der Waals surface area contributed by atoms with Gasteiger partial charge in [0.25, 0.3) is 10.1 Å². The molecule has 4 nitrogen and oxygen atoms in total. The summed E-state index contributed by atoms with van der Waals surface area (Å²) in [6.45, 7) is 7.54. The van der Waals surface area contributed by atoms with Crippen molar-refractivity contribution in [2.75, 3.05) is 19.0 Å². The Morgan fingerprint density at radius 1 is 1.58 bits per heavy atom. The van der Waals surface area contributed by atoms with Gasteiger partial charge in [0, 0.05) is 6.61 Å². The van der Waals surface area contributed by atoms with Crippen molar-refractivity contribution in [3.05, 3.63) is 12.7 Å². The topological polar surface area (TPSA) is 63.6 Å². The molecule has 1 N–H and O–H groups in total. The molecule has 0 saturated heterocycles. The minimum atomic E-state index is -3.82. The first kappa shape index (κ1) is 14.2. The molecular formula is C7H16O4S. The van der Waals surface area contributed by atoms with E-state index in [1.165, 1.54) is 0 Å². The molecule has 0 aliphatic carbocycles. The highest BCUT2D eigenvalue weighted by Crippen LogP contribution is 1.81. The lowest BCUT2D eigenvalue weighted by molar-refractivity contribution is 0.162. The van der Waals surface area contributed by atoms with Crippen LogP contribution in [0.1, 0.15) is 13.8 Å². The third kappa shape index (κ3) is 22.6. The summed E-state index contributed by atoms with van der Waals surface area (Å²) in [5, 5.41) is 0. The van der Waals surface area contributed by atoms with Crippen LogP contribution in [0.5, 0.6) is 0 Å². The maximum Gasteiger partial charge on any atom is 0.267 e. The monoisotopic (exact) mass is 196 g/mol. The van der Waals surface area contributed by atoms with Crippen LogP contribution in [-0.2, 0) is 14.9 Å². The van der Waals surface area contributed by atoms with Gasteiger partial charge in [-0.05, 0) is 13.8 Å². The summed E-state index contributed by atoms with van der Waals surface area (Å²) in [6.07, 6.45) is 1.75. The van der Waals surface area contributed by atoms with Gasteiger partial charge in [0.05, 0.1) is 12.4 Å². The minimum Gasteiger partial charge on any atom is -0.381 e. The minimum absolute atomic E-state index is 0.0648. The maximum absolute atomic E-state index is 9.98. The number of rotatable bonds is 4. The molecule has 5 heteroatoms. The van der Waals surface area contributed by atoms with E-state index < -0.39 is 10.1 Å². The predicted octanol–water partition coefficient (Wildman–Crippen LogP) is 1.10. The average Bonchev–Trinajstić information content (AvgIpc) is 1.87. The van der Waals surface area contributed by atoms with E-state index in [-0.39, 0.29) is 12.4 Å². The van der Waals surface area contributed by atoms with Crippen LogP contribution in [0.2, 0.25) is 0 Å². The molecule has 0 amide bonds. The second-order valence-electron chi connectivity index (χ2n) is 1.89. The summed E-state index contributed by atoms with van der Waals surface area (Å²) >= 11 is 0. The van der Waals surface area contributed by atoms with Gasteiger partial charge in [0.1, 0.15) is 0 Å². The van der Waals surface area contributed by atoms with Crippen molar-refractivity contribution < 1.29 is 17.7 Å². The fourth-order valence-electron chi connectivity index (χ4n) is 0.309. The molecule has 74 valence electrons. The van der Waals surface area contributed by atoms with Gasteiger partial charge in [-0.15, -0.1) is 6.58 Å². The lowest BCUT2D eigenvalue weighted by Gasteiger charge is -1.95. The number of hydrogen-bond donors (Lipinski definition) is 1. The highest BCUT2D eigenvalue weighted by atomic mass is 32.2. The van der Waals surface area contributed by atoms with E-state index in [1.54, 1.807) is 13.0 Å². The Balaban J connectivity index is 0. The van der Waals surface area contributed by atoms with E-state index in [2.05, 4.69) is 11.3 Å². The van der Waals surface area contributed by atoms with E-state index in [0.29, 0.717) is 6.61 Å². The Labute approximate surface area is 74.0 Å². The molecule has 0 aromatic heterocycles. The van der Waals surface area contributed by atoms with E-state index in [0.717, 1.165) is 0 Å². The Morgan fingerprint density at radius 2 is 2.00 bits per heavy atom. The van der Waals surface area contributed by atoms with Crippen LogP contribution in [0.3, 0.4) is 0 Å². The highest BCUT2D eigenvalue weighted by molar-refractivity contribution is 7.85. The van der Waals surface area contributed by atoms with Crippen LogP contribution in [0.15, 0.2) is 12.7 Å². The van der Waals surface area contributed by atoms with Crippen molar-refractivity contribution in [2.45, 2.75) is 13.8 Å². The van der Waals surface area contributed by atoms with Gasteiger partial charge in [-0.2, -0.15) is 8.42 Å². The summed E-state index contributed by atoms with van der Waals surface area (Å²) in [5.74, 6) is -0.319. The van der Waals surface area contributed by atoms with Gasteiger partial charge in [-0.1, -0.05) is 6.08 Å². The molecule has 0 radical (unpaired) electrons. The van der Waals surface area contributed by atoms with Gasteiger partial charge in [-0.25, -0.2) is 0 Å². The SMILES string of the molecule is C=CC.CCOCCS(=O)(=O)O. The zero-order valence-electron chi connectivity index (χ0n) is 7.49. The summed E-state index contributed by atoms with van der Waals surface area (Å²) in [6, 6.07) is 0. The first-order valence-corrected chi connectivity index (χ1v) is 5.18. The summed E-state index contributed by atoms with van der Waals surface area (Å²) in [7, 11) is -3.82. The molecule has 0 atom stereocenters. The van der Waals surface area contributed by atoms with Gasteiger partial charge in [0.2, 0.25) is 0 Å². The van der Waals surface area contributed by atoms with Crippen LogP contribution >= 0.6 is 0 Å². The number of hydrogen-bond acceptors (Lipinski definition) is 3. The third-order valence-corrected chi connectivity index (χ3v) is 1.37. The molecule has 0 unspecified atom stereocenters. The van der Waals surface area contributed by atoms with Crippen molar-refractivity contribution in [3.63, 3.8) is 0 Å². The maximum atomic E-state index is 9.98. The molecule has 0 fully saturated rings. The van der Waals surface area contributed by atoms with E-state index >= 15 is 0 Å². The highest BCUT2D eigenvalue weighted by Gasteiger charge is 2.01. The second kappa shape index (κ2) is 8.70. The molecule has 0 saturated carbocycles.